The Balaban J connectivity index is 2.11. The zero-order chi connectivity index (χ0) is 11.8. The van der Waals surface area contributed by atoms with Crippen LogP contribution in [0.4, 0.5) is 0 Å². The van der Waals surface area contributed by atoms with E-state index >= 15 is 0 Å². The average molecular weight is 292 g/mol. The molecule has 0 radical (unpaired) electrons. The van der Waals surface area contributed by atoms with Crippen molar-refractivity contribution in [1.29, 1.82) is 0 Å². The molecule has 0 saturated heterocycles. The van der Waals surface area contributed by atoms with E-state index in [9.17, 15) is 0 Å². The van der Waals surface area contributed by atoms with Gasteiger partial charge in [-0.05, 0) is 31.0 Å². The van der Waals surface area contributed by atoms with Gasteiger partial charge in [-0.1, -0.05) is 22.0 Å². The van der Waals surface area contributed by atoms with Crippen molar-refractivity contribution in [3.05, 3.63) is 46.2 Å². The maximum Gasteiger partial charge on any atom is 0.0660 e. The lowest BCUT2D eigenvalue weighted by Gasteiger charge is -2.08. The number of nitrogens with zero attached hydrogens (tertiary/aromatic N) is 2. The second-order valence-electron chi connectivity index (χ2n) is 4.43. The molecule has 4 heteroatoms. The highest BCUT2D eigenvalue weighted by molar-refractivity contribution is 9.10. The molecular weight excluding hydrogens is 278 g/mol. The van der Waals surface area contributed by atoms with Crippen LogP contribution in [-0.4, -0.2) is 9.78 Å². The lowest BCUT2D eigenvalue weighted by atomic mass is 10.1. The van der Waals surface area contributed by atoms with Gasteiger partial charge in [-0.15, -0.1) is 0 Å². The fourth-order valence-electron chi connectivity index (χ4n) is 2.15. The summed E-state index contributed by atoms with van der Waals surface area (Å²) in [6, 6.07) is 8.21. The van der Waals surface area contributed by atoms with Gasteiger partial charge in [0.15, 0.2) is 0 Å². The molecule has 0 unspecified atom stereocenters. The largest absolute Gasteiger partial charge is 0.326 e. The van der Waals surface area contributed by atoms with Crippen LogP contribution in [-0.2, 0) is 6.54 Å². The lowest BCUT2D eigenvalue weighted by molar-refractivity contribution is 0.800. The molecule has 1 aromatic heterocycles. The van der Waals surface area contributed by atoms with E-state index in [1.807, 2.05) is 23.0 Å². The summed E-state index contributed by atoms with van der Waals surface area (Å²) >= 11 is 3.49. The molecule has 1 aromatic carbocycles. The smallest absolute Gasteiger partial charge is 0.0660 e. The lowest BCUT2D eigenvalue weighted by Crippen LogP contribution is -2.04. The zero-order valence-corrected chi connectivity index (χ0v) is 11.0. The third kappa shape index (κ3) is 2.03. The van der Waals surface area contributed by atoms with E-state index in [0.29, 0.717) is 12.5 Å². The Labute approximate surface area is 109 Å². The van der Waals surface area contributed by atoms with E-state index in [2.05, 4.69) is 33.2 Å². The van der Waals surface area contributed by atoms with Crippen molar-refractivity contribution in [3.63, 3.8) is 0 Å². The molecular formula is C13H14BrN3. The highest BCUT2D eigenvalue weighted by atomic mass is 79.9. The summed E-state index contributed by atoms with van der Waals surface area (Å²) in [5, 5.41) is 4.48. The molecule has 0 amide bonds. The predicted molar refractivity (Wildman–Crippen MR) is 71.1 cm³/mol. The Morgan fingerprint density at radius 3 is 2.88 bits per heavy atom. The van der Waals surface area contributed by atoms with Crippen molar-refractivity contribution in [2.24, 2.45) is 5.73 Å². The Morgan fingerprint density at radius 1 is 1.41 bits per heavy atom. The van der Waals surface area contributed by atoms with Gasteiger partial charge in [0.05, 0.1) is 17.6 Å². The summed E-state index contributed by atoms with van der Waals surface area (Å²) in [7, 11) is 0. The highest BCUT2D eigenvalue weighted by Crippen LogP contribution is 2.42. The normalized spacial score (nSPS) is 15.2. The van der Waals surface area contributed by atoms with Crippen molar-refractivity contribution in [3.8, 4) is 5.69 Å². The number of benzene rings is 1. The minimum atomic E-state index is 0.569. The molecule has 0 bridgehead atoms. The van der Waals surface area contributed by atoms with Gasteiger partial charge in [0, 0.05) is 22.5 Å². The van der Waals surface area contributed by atoms with Crippen molar-refractivity contribution in [2.75, 3.05) is 0 Å². The summed E-state index contributed by atoms with van der Waals surface area (Å²) in [5.74, 6) is 0.648. The number of rotatable bonds is 3. The Kier molecular flexibility index (Phi) is 2.76. The van der Waals surface area contributed by atoms with Gasteiger partial charge < -0.3 is 5.73 Å². The van der Waals surface area contributed by atoms with E-state index in [0.717, 1.165) is 10.2 Å². The number of nitrogens with two attached hydrogens (primary N) is 1. The average Bonchev–Trinajstić information content (AvgIpc) is 3.08. The molecule has 1 fully saturated rings. The van der Waals surface area contributed by atoms with E-state index in [1.165, 1.54) is 24.1 Å². The van der Waals surface area contributed by atoms with Crippen LogP contribution < -0.4 is 5.73 Å². The predicted octanol–water partition coefficient (Wildman–Crippen LogP) is 2.97. The fraction of sp³-hybridized carbons (Fsp3) is 0.308. The van der Waals surface area contributed by atoms with Gasteiger partial charge in [0.25, 0.3) is 0 Å². The van der Waals surface area contributed by atoms with Crippen LogP contribution in [0.3, 0.4) is 0 Å². The molecule has 0 aliphatic heterocycles. The van der Waals surface area contributed by atoms with Gasteiger partial charge in [0.2, 0.25) is 0 Å². The third-order valence-corrected chi connectivity index (χ3v) is 3.62. The molecule has 17 heavy (non-hydrogen) atoms. The zero-order valence-electron chi connectivity index (χ0n) is 9.44. The van der Waals surface area contributed by atoms with Gasteiger partial charge in [-0.25, -0.2) is 4.68 Å². The fourth-order valence-corrected chi connectivity index (χ4v) is 2.54. The molecule has 2 N–H and O–H groups in total. The minimum Gasteiger partial charge on any atom is -0.326 e. The first kappa shape index (κ1) is 11.0. The maximum absolute atomic E-state index is 5.77. The maximum atomic E-state index is 5.77. The second kappa shape index (κ2) is 4.27. The van der Waals surface area contributed by atoms with Crippen LogP contribution in [0, 0.1) is 0 Å². The van der Waals surface area contributed by atoms with E-state index in [-0.39, 0.29) is 0 Å². The molecule has 1 aliphatic carbocycles. The van der Waals surface area contributed by atoms with Gasteiger partial charge >= 0.3 is 0 Å². The molecule has 88 valence electrons. The molecule has 3 rings (SSSR count). The minimum absolute atomic E-state index is 0.569. The first-order valence-electron chi connectivity index (χ1n) is 5.82. The summed E-state index contributed by atoms with van der Waals surface area (Å²) in [4.78, 5) is 0. The van der Waals surface area contributed by atoms with Crippen LogP contribution in [0.25, 0.3) is 5.69 Å². The van der Waals surface area contributed by atoms with Crippen LogP contribution in [0.15, 0.2) is 34.9 Å². The highest BCUT2D eigenvalue weighted by Gasteiger charge is 2.30. The van der Waals surface area contributed by atoms with Crippen LogP contribution in [0.1, 0.15) is 30.0 Å². The van der Waals surface area contributed by atoms with Gasteiger partial charge in [0.1, 0.15) is 0 Å². The molecule has 1 heterocycles. The summed E-state index contributed by atoms with van der Waals surface area (Å²) in [6.45, 7) is 0.569. The van der Waals surface area contributed by atoms with Crippen molar-refractivity contribution < 1.29 is 0 Å². The van der Waals surface area contributed by atoms with Crippen LogP contribution in [0.2, 0.25) is 0 Å². The van der Waals surface area contributed by atoms with Crippen LogP contribution >= 0.6 is 15.9 Å². The molecule has 1 saturated carbocycles. The Hall–Kier alpha value is -1.13. The van der Waals surface area contributed by atoms with Crippen molar-refractivity contribution >= 4 is 15.9 Å². The Morgan fingerprint density at radius 2 is 2.24 bits per heavy atom. The first-order chi connectivity index (χ1) is 8.29. The summed E-state index contributed by atoms with van der Waals surface area (Å²) < 4.78 is 3.10. The molecule has 0 atom stereocenters. The molecule has 1 aliphatic rings. The quantitative estimate of drug-likeness (QED) is 0.945. The summed E-state index contributed by atoms with van der Waals surface area (Å²) in [6.07, 6.45) is 4.41. The summed E-state index contributed by atoms with van der Waals surface area (Å²) in [5.41, 5.74) is 9.34. The number of aromatic nitrogens is 2. The van der Waals surface area contributed by atoms with Gasteiger partial charge in [-0.3, -0.25) is 0 Å². The van der Waals surface area contributed by atoms with E-state index in [4.69, 9.17) is 5.73 Å². The first-order valence-corrected chi connectivity index (χ1v) is 6.61. The molecule has 3 nitrogen and oxygen atoms in total. The van der Waals surface area contributed by atoms with Crippen LogP contribution in [0.5, 0.6) is 0 Å². The van der Waals surface area contributed by atoms with E-state index < -0.39 is 0 Å². The SMILES string of the molecule is NCc1cnn(-c2cccc(Br)c2)c1C1CC1. The van der Waals surface area contributed by atoms with Gasteiger partial charge in [-0.2, -0.15) is 5.10 Å². The number of hydrogen-bond acceptors (Lipinski definition) is 2. The Bertz CT molecular complexity index is 543. The van der Waals surface area contributed by atoms with E-state index in [1.54, 1.807) is 0 Å². The molecule has 2 aromatic rings. The topological polar surface area (TPSA) is 43.8 Å². The number of halogens is 1. The second-order valence-corrected chi connectivity index (χ2v) is 5.34. The monoisotopic (exact) mass is 291 g/mol. The van der Waals surface area contributed by atoms with Crippen molar-refractivity contribution in [1.82, 2.24) is 9.78 Å². The third-order valence-electron chi connectivity index (χ3n) is 3.12. The molecule has 0 spiro atoms. The van der Waals surface area contributed by atoms with Crippen molar-refractivity contribution in [2.45, 2.75) is 25.3 Å². The number of hydrogen-bond donors (Lipinski definition) is 1. The standard InChI is InChI=1S/C13H14BrN3/c14-11-2-1-3-12(6-11)17-13(9-4-5-9)10(7-15)8-16-17/h1-3,6,8-9H,4-5,7,15H2.